The van der Waals surface area contributed by atoms with Gasteiger partial charge in [0, 0.05) is 12.3 Å². The molecule has 1 nitrogen and oxygen atoms in total. The zero-order chi connectivity index (χ0) is 20.0. The van der Waals surface area contributed by atoms with E-state index in [0.29, 0.717) is 11.5 Å². The fourth-order valence-corrected chi connectivity index (χ4v) is 4.90. The lowest BCUT2D eigenvalue weighted by Gasteiger charge is -2.27. The fraction of sp³-hybridized carbons (Fsp3) is 0.741. The summed E-state index contributed by atoms with van der Waals surface area (Å²) in [7, 11) is 0. The van der Waals surface area contributed by atoms with Crippen LogP contribution < -0.4 is 0 Å². The molecule has 1 heteroatoms. The average Bonchev–Trinajstić information content (AvgIpc) is 3.44. The van der Waals surface area contributed by atoms with Gasteiger partial charge in [-0.2, -0.15) is 0 Å². The van der Waals surface area contributed by atoms with Gasteiger partial charge in [-0.25, -0.2) is 0 Å². The van der Waals surface area contributed by atoms with Crippen molar-refractivity contribution in [2.45, 2.75) is 111 Å². The summed E-state index contributed by atoms with van der Waals surface area (Å²) >= 11 is 0. The van der Waals surface area contributed by atoms with Gasteiger partial charge in [-0.3, -0.25) is 4.99 Å². The van der Waals surface area contributed by atoms with Crippen molar-refractivity contribution in [3.63, 3.8) is 0 Å². The molecule has 0 saturated heterocycles. The van der Waals surface area contributed by atoms with Gasteiger partial charge < -0.3 is 0 Å². The second kappa shape index (κ2) is 10.1. The fourth-order valence-electron chi connectivity index (χ4n) is 4.90. The van der Waals surface area contributed by atoms with Crippen LogP contribution in [0.25, 0.3) is 0 Å². The maximum atomic E-state index is 5.04. The molecule has 0 spiro atoms. The van der Waals surface area contributed by atoms with Gasteiger partial charge in [-0.1, -0.05) is 71.6 Å². The van der Waals surface area contributed by atoms with Gasteiger partial charge in [0.1, 0.15) is 0 Å². The van der Waals surface area contributed by atoms with E-state index in [1.807, 2.05) is 0 Å². The molecule has 0 aliphatic heterocycles. The van der Waals surface area contributed by atoms with Crippen molar-refractivity contribution in [3.05, 3.63) is 34.9 Å². The van der Waals surface area contributed by atoms with Gasteiger partial charge in [0.2, 0.25) is 0 Å². The molecule has 1 atom stereocenters. The van der Waals surface area contributed by atoms with Crippen LogP contribution in [0.15, 0.2) is 23.2 Å². The van der Waals surface area contributed by atoms with Crippen molar-refractivity contribution in [1.29, 1.82) is 0 Å². The van der Waals surface area contributed by atoms with Crippen molar-refractivity contribution < 1.29 is 0 Å². The molecule has 0 N–H and O–H groups in total. The highest BCUT2D eigenvalue weighted by molar-refractivity contribution is 5.82. The number of hydrogen-bond donors (Lipinski definition) is 0. The monoisotopic (exact) mass is 381 g/mol. The highest BCUT2D eigenvalue weighted by Crippen LogP contribution is 2.49. The predicted molar refractivity (Wildman–Crippen MR) is 124 cm³/mol. The Morgan fingerprint density at radius 2 is 1.89 bits per heavy atom. The van der Waals surface area contributed by atoms with Gasteiger partial charge >= 0.3 is 0 Å². The maximum absolute atomic E-state index is 5.04. The number of aryl methyl sites for hydroxylation is 2. The zero-order valence-corrected chi connectivity index (χ0v) is 19.0. The van der Waals surface area contributed by atoms with E-state index in [1.165, 1.54) is 87.3 Å². The Morgan fingerprint density at radius 1 is 1.14 bits per heavy atom. The van der Waals surface area contributed by atoms with Crippen molar-refractivity contribution in [2.75, 3.05) is 0 Å². The number of aliphatic imine (C=N–C) groups is 1. The minimum atomic E-state index is 0.502. The van der Waals surface area contributed by atoms with Crippen LogP contribution in [0.2, 0.25) is 0 Å². The molecule has 1 aromatic carbocycles. The highest BCUT2D eigenvalue weighted by Gasteiger charge is 2.35. The smallest absolute Gasteiger partial charge is 0.0499 e. The molecule has 0 heterocycles. The van der Waals surface area contributed by atoms with E-state index in [2.05, 4.69) is 52.1 Å². The lowest BCUT2D eigenvalue weighted by atomic mass is 9.80. The second-order valence-corrected chi connectivity index (χ2v) is 10.3. The van der Waals surface area contributed by atoms with Crippen LogP contribution in [0.3, 0.4) is 0 Å². The highest BCUT2D eigenvalue weighted by atomic mass is 14.8. The van der Waals surface area contributed by atoms with Crippen molar-refractivity contribution in [2.24, 2.45) is 22.2 Å². The Hall–Kier alpha value is -1.11. The van der Waals surface area contributed by atoms with Crippen LogP contribution in [-0.4, -0.2) is 12.3 Å². The van der Waals surface area contributed by atoms with Crippen LogP contribution in [0.1, 0.15) is 109 Å². The molecule has 28 heavy (non-hydrogen) atoms. The molecular weight excluding hydrogens is 338 g/mol. The minimum absolute atomic E-state index is 0.502. The zero-order valence-electron chi connectivity index (χ0n) is 19.0. The Morgan fingerprint density at radius 3 is 2.54 bits per heavy atom. The lowest BCUT2D eigenvalue weighted by Crippen LogP contribution is -2.17. The molecule has 2 saturated carbocycles. The standard InChI is InChI=1S/C27H43N/c1-5-24-18-22(8-7-15-27(4)16-17-27)13-14-25(24)20-28-26(6-2)19-23-11-9-21(3)10-12-23/h13-14,18,20-21,23,26H,5-12,15-17,19H2,1-4H3. The summed E-state index contributed by atoms with van der Waals surface area (Å²) in [5.41, 5.74) is 5.02. The molecule has 0 bridgehead atoms. The Labute approximate surface area is 174 Å². The third kappa shape index (κ3) is 6.46. The first kappa shape index (κ1) is 21.6. The number of rotatable bonds is 10. The first-order valence-corrected chi connectivity index (χ1v) is 12.2. The third-order valence-corrected chi connectivity index (χ3v) is 7.57. The molecule has 1 aromatic rings. The molecule has 1 unspecified atom stereocenters. The van der Waals surface area contributed by atoms with E-state index in [0.717, 1.165) is 18.3 Å². The van der Waals surface area contributed by atoms with E-state index in [9.17, 15) is 0 Å². The first-order chi connectivity index (χ1) is 13.5. The number of nitrogens with zero attached hydrogens (tertiary/aromatic N) is 1. The third-order valence-electron chi connectivity index (χ3n) is 7.57. The van der Waals surface area contributed by atoms with E-state index < -0.39 is 0 Å². The van der Waals surface area contributed by atoms with Crippen molar-refractivity contribution in [3.8, 4) is 0 Å². The van der Waals surface area contributed by atoms with Gasteiger partial charge in [0.15, 0.2) is 0 Å². The van der Waals surface area contributed by atoms with Gasteiger partial charge in [-0.05, 0) is 85.3 Å². The Balaban J connectivity index is 1.54. The van der Waals surface area contributed by atoms with E-state index in [4.69, 9.17) is 4.99 Å². The molecule has 156 valence electrons. The second-order valence-electron chi connectivity index (χ2n) is 10.3. The molecule has 0 aromatic heterocycles. The summed E-state index contributed by atoms with van der Waals surface area (Å²) in [6.45, 7) is 9.44. The summed E-state index contributed by atoms with van der Waals surface area (Å²) < 4.78 is 0. The van der Waals surface area contributed by atoms with Crippen molar-refractivity contribution in [1.82, 2.24) is 0 Å². The topological polar surface area (TPSA) is 12.4 Å². The molecule has 0 radical (unpaired) electrons. The number of hydrogen-bond acceptors (Lipinski definition) is 1. The molecule has 2 fully saturated rings. The van der Waals surface area contributed by atoms with Crippen LogP contribution in [0.5, 0.6) is 0 Å². The molecule has 3 rings (SSSR count). The van der Waals surface area contributed by atoms with Gasteiger partial charge in [0.05, 0.1) is 0 Å². The molecular formula is C27H43N. The van der Waals surface area contributed by atoms with E-state index in [-0.39, 0.29) is 0 Å². The number of benzene rings is 1. The lowest BCUT2D eigenvalue weighted by molar-refractivity contribution is 0.264. The minimum Gasteiger partial charge on any atom is -0.289 e. The average molecular weight is 382 g/mol. The predicted octanol–water partition coefficient (Wildman–Crippen LogP) is 7.79. The quantitative estimate of drug-likeness (QED) is 0.367. The molecule has 0 amide bonds. The Bertz CT molecular complexity index is 632. The van der Waals surface area contributed by atoms with Crippen LogP contribution in [-0.2, 0) is 12.8 Å². The van der Waals surface area contributed by atoms with Crippen LogP contribution in [0.4, 0.5) is 0 Å². The summed E-state index contributed by atoms with van der Waals surface area (Å²) in [6, 6.07) is 7.62. The van der Waals surface area contributed by atoms with E-state index in [1.54, 1.807) is 0 Å². The molecule has 2 aliphatic rings. The van der Waals surface area contributed by atoms with Gasteiger partial charge in [-0.15, -0.1) is 0 Å². The maximum Gasteiger partial charge on any atom is 0.0499 e. The van der Waals surface area contributed by atoms with Gasteiger partial charge in [0.25, 0.3) is 0 Å². The summed E-state index contributed by atoms with van der Waals surface area (Å²) in [5, 5.41) is 0. The largest absolute Gasteiger partial charge is 0.289 e. The van der Waals surface area contributed by atoms with E-state index >= 15 is 0 Å². The SMILES string of the molecule is CCc1cc(CCCC2(C)CC2)ccc1C=NC(CC)CC1CCC(C)CC1. The normalized spacial score (nSPS) is 25.1. The van der Waals surface area contributed by atoms with Crippen molar-refractivity contribution >= 4 is 6.21 Å². The Kier molecular flexibility index (Phi) is 7.77. The summed E-state index contributed by atoms with van der Waals surface area (Å²) in [4.78, 5) is 5.04. The summed E-state index contributed by atoms with van der Waals surface area (Å²) in [5.74, 6) is 1.84. The van der Waals surface area contributed by atoms with Crippen LogP contribution >= 0.6 is 0 Å². The first-order valence-electron chi connectivity index (χ1n) is 12.2. The summed E-state index contributed by atoms with van der Waals surface area (Å²) in [6.07, 6.45) is 18.3. The molecule has 2 aliphatic carbocycles. The van der Waals surface area contributed by atoms with Crippen LogP contribution in [0, 0.1) is 17.3 Å².